The zero-order valence-corrected chi connectivity index (χ0v) is 13.9. The number of ether oxygens (including phenoxy) is 1. The molecule has 0 unspecified atom stereocenters. The zero-order chi connectivity index (χ0) is 16.5. The predicted molar refractivity (Wildman–Crippen MR) is 87.2 cm³/mol. The molecule has 120 valence electrons. The molecule has 5 nitrogen and oxygen atoms in total. The van der Waals surface area contributed by atoms with Crippen molar-refractivity contribution in [3.05, 3.63) is 18.2 Å². The van der Waals surface area contributed by atoms with Crippen molar-refractivity contribution < 1.29 is 14.3 Å². The number of hydrogen-bond acceptors (Lipinski definition) is 3. The first-order valence-corrected chi connectivity index (χ1v) is 7.66. The van der Waals surface area contributed by atoms with Gasteiger partial charge >= 0.3 is 0 Å². The molecule has 0 aromatic heterocycles. The van der Waals surface area contributed by atoms with Gasteiger partial charge in [-0.25, -0.2) is 0 Å². The SMILES string of the molecule is CCN1C(=O)C(C)(C)COc2ccc(NC(=O)C(C)C)cc21. The van der Waals surface area contributed by atoms with Gasteiger partial charge in [0, 0.05) is 18.2 Å². The Morgan fingerprint density at radius 1 is 1.41 bits per heavy atom. The molecule has 1 N–H and O–H groups in total. The Morgan fingerprint density at radius 3 is 2.68 bits per heavy atom. The third-order valence-corrected chi connectivity index (χ3v) is 3.77. The zero-order valence-electron chi connectivity index (χ0n) is 13.9. The molecule has 1 aromatic rings. The van der Waals surface area contributed by atoms with Crippen LogP contribution in [0.25, 0.3) is 0 Å². The maximum absolute atomic E-state index is 12.7. The summed E-state index contributed by atoms with van der Waals surface area (Å²) in [5.74, 6) is 0.548. The van der Waals surface area contributed by atoms with E-state index in [4.69, 9.17) is 4.74 Å². The van der Waals surface area contributed by atoms with E-state index in [1.165, 1.54) is 0 Å². The van der Waals surface area contributed by atoms with Crippen LogP contribution in [0.5, 0.6) is 5.75 Å². The Morgan fingerprint density at radius 2 is 2.09 bits per heavy atom. The summed E-state index contributed by atoms with van der Waals surface area (Å²) in [6.45, 7) is 10.3. The van der Waals surface area contributed by atoms with E-state index in [1.807, 2.05) is 40.7 Å². The molecule has 0 saturated heterocycles. The number of anilines is 2. The van der Waals surface area contributed by atoms with E-state index in [0.29, 0.717) is 30.3 Å². The van der Waals surface area contributed by atoms with Crippen LogP contribution in [0.4, 0.5) is 11.4 Å². The van der Waals surface area contributed by atoms with Gasteiger partial charge < -0.3 is 15.0 Å². The Labute approximate surface area is 131 Å². The van der Waals surface area contributed by atoms with E-state index in [-0.39, 0.29) is 17.7 Å². The minimum absolute atomic E-state index is 0.0288. The molecule has 2 rings (SSSR count). The number of hydrogen-bond donors (Lipinski definition) is 1. The molecule has 0 spiro atoms. The molecule has 0 fully saturated rings. The van der Waals surface area contributed by atoms with E-state index >= 15 is 0 Å². The van der Waals surface area contributed by atoms with Crippen LogP contribution in [0.2, 0.25) is 0 Å². The van der Waals surface area contributed by atoms with Gasteiger partial charge in [-0.1, -0.05) is 13.8 Å². The number of rotatable bonds is 3. The number of fused-ring (bicyclic) bond motifs is 1. The van der Waals surface area contributed by atoms with E-state index in [0.717, 1.165) is 0 Å². The molecule has 1 aliphatic heterocycles. The largest absolute Gasteiger partial charge is 0.490 e. The van der Waals surface area contributed by atoms with Crippen LogP contribution in [0, 0.1) is 11.3 Å². The first kappa shape index (κ1) is 16.3. The summed E-state index contributed by atoms with van der Waals surface area (Å²) in [5, 5.41) is 2.86. The fraction of sp³-hybridized carbons (Fsp3) is 0.529. The summed E-state index contributed by atoms with van der Waals surface area (Å²) in [5.41, 5.74) is 0.808. The summed E-state index contributed by atoms with van der Waals surface area (Å²) >= 11 is 0. The summed E-state index contributed by atoms with van der Waals surface area (Å²) in [6, 6.07) is 5.41. The predicted octanol–water partition coefficient (Wildman–Crippen LogP) is 3.05. The van der Waals surface area contributed by atoms with Gasteiger partial charge in [-0.3, -0.25) is 9.59 Å². The van der Waals surface area contributed by atoms with Crippen molar-refractivity contribution in [2.45, 2.75) is 34.6 Å². The van der Waals surface area contributed by atoms with Crippen molar-refractivity contribution in [2.24, 2.45) is 11.3 Å². The van der Waals surface area contributed by atoms with Crippen molar-refractivity contribution >= 4 is 23.2 Å². The number of amides is 2. The van der Waals surface area contributed by atoms with Crippen molar-refractivity contribution in [2.75, 3.05) is 23.4 Å². The topological polar surface area (TPSA) is 58.6 Å². The summed E-state index contributed by atoms with van der Waals surface area (Å²) in [6.07, 6.45) is 0. The lowest BCUT2D eigenvalue weighted by molar-refractivity contribution is -0.127. The Kier molecular flexibility index (Phi) is 4.44. The Hall–Kier alpha value is -2.04. The minimum atomic E-state index is -0.573. The maximum Gasteiger partial charge on any atom is 0.236 e. The number of carbonyl (C=O) groups is 2. The van der Waals surface area contributed by atoms with Crippen molar-refractivity contribution in [3.63, 3.8) is 0 Å². The molecule has 0 bridgehead atoms. The lowest BCUT2D eigenvalue weighted by atomic mass is 9.93. The van der Waals surface area contributed by atoms with Gasteiger partial charge in [0.15, 0.2) is 0 Å². The van der Waals surface area contributed by atoms with E-state index in [2.05, 4.69) is 5.32 Å². The molecule has 1 aliphatic rings. The highest BCUT2D eigenvalue weighted by Gasteiger charge is 2.37. The lowest BCUT2D eigenvalue weighted by Gasteiger charge is -2.27. The molecule has 0 atom stereocenters. The van der Waals surface area contributed by atoms with Crippen molar-refractivity contribution in [1.29, 1.82) is 0 Å². The summed E-state index contributed by atoms with van der Waals surface area (Å²) in [7, 11) is 0. The normalized spacial score (nSPS) is 16.8. The highest BCUT2D eigenvalue weighted by atomic mass is 16.5. The van der Waals surface area contributed by atoms with Gasteiger partial charge in [0.25, 0.3) is 0 Å². The number of nitrogens with one attached hydrogen (secondary N) is 1. The molecule has 1 heterocycles. The monoisotopic (exact) mass is 304 g/mol. The standard InChI is InChI=1S/C17H24N2O3/c1-6-19-13-9-12(18-15(20)11(2)3)7-8-14(13)22-10-17(4,5)16(19)21/h7-9,11H,6,10H2,1-5H3,(H,18,20). The van der Waals surface area contributed by atoms with Gasteiger partial charge in [-0.15, -0.1) is 0 Å². The van der Waals surface area contributed by atoms with Crippen LogP contribution in [-0.2, 0) is 9.59 Å². The van der Waals surface area contributed by atoms with Crippen LogP contribution >= 0.6 is 0 Å². The van der Waals surface area contributed by atoms with Crippen LogP contribution in [-0.4, -0.2) is 25.0 Å². The van der Waals surface area contributed by atoms with Crippen LogP contribution in [0.3, 0.4) is 0 Å². The molecule has 0 aliphatic carbocycles. The second-order valence-corrected chi connectivity index (χ2v) is 6.55. The van der Waals surface area contributed by atoms with Crippen LogP contribution < -0.4 is 15.0 Å². The molecule has 22 heavy (non-hydrogen) atoms. The first-order chi connectivity index (χ1) is 10.3. The highest BCUT2D eigenvalue weighted by Crippen LogP contribution is 2.38. The second kappa shape index (κ2) is 5.99. The lowest BCUT2D eigenvalue weighted by Crippen LogP contribution is -2.42. The van der Waals surface area contributed by atoms with E-state index < -0.39 is 5.41 Å². The maximum atomic E-state index is 12.7. The van der Waals surface area contributed by atoms with Crippen molar-refractivity contribution in [3.8, 4) is 5.75 Å². The average molecular weight is 304 g/mol. The number of carbonyl (C=O) groups excluding carboxylic acids is 2. The summed E-state index contributed by atoms with van der Waals surface area (Å²) < 4.78 is 5.80. The van der Waals surface area contributed by atoms with Crippen molar-refractivity contribution in [1.82, 2.24) is 0 Å². The Bertz CT molecular complexity index is 594. The Balaban J connectivity index is 2.39. The quantitative estimate of drug-likeness (QED) is 0.933. The van der Waals surface area contributed by atoms with Gasteiger partial charge in [0.2, 0.25) is 11.8 Å². The fourth-order valence-electron chi connectivity index (χ4n) is 2.32. The molecular weight excluding hydrogens is 280 g/mol. The molecule has 0 saturated carbocycles. The molecular formula is C17H24N2O3. The summed E-state index contributed by atoms with van der Waals surface area (Å²) in [4.78, 5) is 26.2. The van der Waals surface area contributed by atoms with Gasteiger partial charge in [0.1, 0.15) is 12.4 Å². The average Bonchev–Trinajstić information content (AvgIpc) is 2.55. The molecule has 1 aromatic carbocycles. The third kappa shape index (κ3) is 3.08. The third-order valence-electron chi connectivity index (χ3n) is 3.77. The van der Waals surface area contributed by atoms with Gasteiger partial charge in [0.05, 0.1) is 11.1 Å². The minimum Gasteiger partial charge on any atom is -0.490 e. The fourth-order valence-corrected chi connectivity index (χ4v) is 2.32. The van der Waals surface area contributed by atoms with Crippen LogP contribution in [0.15, 0.2) is 18.2 Å². The first-order valence-electron chi connectivity index (χ1n) is 7.66. The van der Waals surface area contributed by atoms with E-state index in [1.54, 1.807) is 17.0 Å². The van der Waals surface area contributed by atoms with Gasteiger partial charge in [-0.2, -0.15) is 0 Å². The van der Waals surface area contributed by atoms with Crippen LogP contribution in [0.1, 0.15) is 34.6 Å². The number of nitrogens with zero attached hydrogens (tertiary/aromatic N) is 1. The molecule has 5 heteroatoms. The number of benzene rings is 1. The van der Waals surface area contributed by atoms with E-state index in [9.17, 15) is 9.59 Å². The van der Waals surface area contributed by atoms with Gasteiger partial charge in [-0.05, 0) is 39.0 Å². The highest BCUT2D eigenvalue weighted by molar-refractivity contribution is 6.00. The molecule has 2 amide bonds. The second-order valence-electron chi connectivity index (χ2n) is 6.55. The smallest absolute Gasteiger partial charge is 0.236 e. The molecule has 0 radical (unpaired) electrons.